The van der Waals surface area contributed by atoms with E-state index in [1.165, 1.54) is 6.07 Å². The summed E-state index contributed by atoms with van der Waals surface area (Å²) in [6.45, 7) is 5.03. The Hall–Kier alpha value is -1.40. The van der Waals surface area contributed by atoms with Gasteiger partial charge in [0.1, 0.15) is 5.76 Å². The predicted molar refractivity (Wildman–Crippen MR) is 64.6 cm³/mol. The van der Waals surface area contributed by atoms with Crippen molar-refractivity contribution in [2.75, 3.05) is 19.6 Å². The molecule has 0 radical (unpaired) electrons. The minimum atomic E-state index is -0.428. The molecule has 1 aliphatic rings. The van der Waals surface area contributed by atoms with Gasteiger partial charge in [0.2, 0.25) is 0 Å². The van der Waals surface area contributed by atoms with Crippen molar-refractivity contribution in [3.8, 4) is 0 Å². The Labute approximate surface area is 105 Å². The first-order valence-corrected chi connectivity index (χ1v) is 6.11. The highest BCUT2D eigenvalue weighted by molar-refractivity contribution is 5.79. The average Bonchev–Trinajstić information content (AvgIpc) is 2.63. The molecule has 0 amide bonds. The van der Waals surface area contributed by atoms with Gasteiger partial charge in [-0.15, -0.1) is 4.74 Å². The van der Waals surface area contributed by atoms with Crippen molar-refractivity contribution in [2.24, 2.45) is 5.92 Å². The molecule has 0 saturated carbocycles. The van der Waals surface area contributed by atoms with E-state index in [4.69, 9.17) is 4.52 Å². The highest BCUT2D eigenvalue weighted by Crippen LogP contribution is 2.16. The quantitative estimate of drug-likeness (QED) is 0.809. The fourth-order valence-electron chi connectivity index (χ4n) is 2.24. The standard InChI is InChI=1S/C12H18N2O4/c1-8-6-13(4-3-10(8)15)7-12(17)14-11(16)5-9(2)18-14/h5,8,10,15H,3-4,6-7H2,1-2H3. The number of aliphatic hydroxyl groups is 1. The summed E-state index contributed by atoms with van der Waals surface area (Å²) in [4.78, 5) is 25.3. The van der Waals surface area contributed by atoms with Crippen LogP contribution in [0.5, 0.6) is 0 Å². The summed E-state index contributed by atoms with van der Waals surface area (Å²) >= 11 is 0. The van der Waals surface area contributed by atoms with Gasteiger partial charge in [0.05, 0.1) is 12.6 Å². The number of carbonyl (C=O) groups excluding carboxylic acids is 1. The molecule has 1 fully saturated rings. The summed E-state index contributed by atoms with van der Waals surface area (Å²) < 4.78 is 5.84. The van der Waals surface area contributed by atoms with Gasteiger partial charge in [-0.3, -0.25) is 14.5 Å². The Morgan fingerprint density at radius 1 is 1.61 bits per heavy atom. The molecule has 2 heterocycles. The molecule has 0 aromatic carbocycles. The van der Waals surface area contributed by atoms with Gasteiger partial charge >= 0.3 is 0 Å². The molecule has 0 aliphatic carbocycles. The van der Waals surface area contributed by atoms with E-state index in [9.17, 15) is 14.7 Å². The molecule has 6 nitrogen and oxygen atoms in total. The lowest BCUT2D eigenvalue weighted by atomic mass is 9.97. The molecule has 1 aliphatic heterocycles. The van der Waals surface area contributed by atoms with Gasteiger partial charge in [-0.1, -0.05) is 6.92 Å². The van der Waals surface area contributed by atoms with Crippen LogP contribution in [0.1, 0.15) is 23.9 Å². The van der Waals surface area contributed by atoms with Crippen molar-refractivity contribution in [2.45, 2.75) is 26.4 Å². The van der Waals surface area contributed by atoms with Gasteiger partial charge in [0.25, 0.3) is 11.5 Å². The topological polar surface area (TPSA) is 75.7 Å². The Bertz CT molecular complexity index is 491. The third kappa shape index (κ3) is 2.70. The number of likely N-dealkylation sites (tertiary alicyclic amines) is 1. The van der Waals surface area contributed by atoms with E-state index in [2.05, 4.69) is 0 Å². The van der Waals surface area contributed by atoms with E-state index in [0.29, 0.717) is 25.3 Å². The Balaban J connectivity index is 2.00. The first-order chi connectivity index (χ1) is 8.47. The van der Waals surface area contributed by atoms with Crippen LogP contribution in [0.4, 0.5) is 0 Å². The summed E-state index contributed by atoms with van der Waals surface area (Å²) in [5.74, 6) is 0.203. The molecule has 2 atom stereocenters. The summed E-state index contributed by atoms with van der Waals surface area (Å²) in [6.07, 6.45) is 0.352. The number of hydrogen-bond donors (Lipinski definition) is 1. The fraction of sp³-hybridized carbons (Fsp3) is 0.667. The zero-order chi connectivity index (χ0) is 13.3. The summed E-state index contributed by atoms with van der Waals surface area (Å²) in [7, 11) is 0. The molecule has 2 unspecified atom stereocenters. The van der Waals surface area contributed by atoms with Crippen LogP contribution in [0, 0.1) is 12.8 Å². The van der Waals surface area contributed by atoms with Crippen LogP contribution in [-0.2, 0) is 0 Å². The lowest BCUT2D eigenvalue weighted by Gasteiger charge is -2.33. The molecule has 1 aromatic heterocycles. The lowest BCUT2D eigenvalue weighted by molar-refractivity contribution is 0.0295. The van der Waals surface area contributed by atoms with Crippen molar-refractivity contribution in [1.82, 2.24) is 9.64 Å². The smallest absolute Gasteiger partial charge is 0.290 e. The van der Waals surface area contributed by atoms with E-state index in [1.54, 1.807) is 6.92 Å². The number of nitrogens with zero attached hydrogens (tertiary/aromatic N) is 2. The van der Waals surface area contributed by atoms with E-state index < -0.39 is 5.56 Å². The first kappa shape index (κ1) is 13.0. The zero-order valence-corrected chi connectivity index (χ0v) is 10.6. The maximum absolute atomic E-state index is 11.9. The molecule has 2 rings (SSSR count). The zero-order valence-electron chi connectivity index (χ0n) is 10.6. The maximum Gasteiger partial charge on any atom is 0.290 e. The third-order valence-electron chi connectivity index (χ3n) is 3.29. The minimum absolute atomic E-state index is 0.140. The SMILES string of the molecule is Cc1cc(=O)n(C(=O)CN2CCC(O)C(C)C2)o1. The number of hydrogen-bond acceptors (Lipinski definition) is 5. The maximum atomic E-state index is 11.9. The average molecular weight is 254 g/mol. The largest absolute Gasteiger partial charge is 0.393 e. The predicted octanol–water partition coefficient (Wildman–Crippen LogP) is 0.0926. The third-order valence-corrected chi connectivity index (χ3v) is 3.29. The second-order valence-corrected chi connectivity index (χ2v) is 4.94. The van der Waals surface area contributed by atoms with Crippen molar-refractivity contribution < 1.29 is 14.4 Å². The van der Waals surface area contributed by atoms with Gasteiger partial charge in [0, 0.05) is 19.2 Å². The molecular weight excluding hydrogens is 236 g/mol. The number of rotatable bonds is 2. The van der Waals surface area contributed by atoms with E-state index in [1.807, 2.05) is 11.8 Å². The molecule has 100 valence electrons. The van der Waals surface area contributed by atoms with E-state index in [0.717, 1.165) is 4.74 Å². The van der Waals surface area contributed by atoms with Crippen molar-refractivity contribution in [3.63, 3.8) is 0 Å². The minimum Gasteiger partial charge on any atom is -0.393 e. The number of piperidine rings is 1. The van der Waals surface area contributed by atoms with Crippen LogP contribution >= 0.6 is 0 Å². The second kappa shape index (κ2) is 5.07. The molecule has 0 bridgehead atoms. The van der Waals surface area contributed by atoms with Crippen LogP contribution in [0.15, 0.2) is 15.4 Å². The number of carbonyl (C=O) groups is 1. The summed E-state index contributed by atoms with van der Waals surface area (Å²) in [5, 5.41) is 9.61. The van der Waals surface area contributed by atoms with Crippen molar-refractivity contribution in [1.29, 1.82) is 0 Å². The Morgan fingerprint density at radius 3 is 2.89 bits per heavy atom. The molecule has 6 heteroatoms. The fourth-order valence-corrected chi connectivity index (χ4v) is 2.24. The van der Waals surface area contributed by atoms with Gasteiger partial charge in [-0.25, -0.2) is 0 Å². The molecular formula is C12H18N2O4. The molecule has 1 aromatic rings. The monoisotopic (exact) mass is 254 g/mol. The van der Waals surface area contributed by atoms with Crippen LogP contribution < -0.4 is 5.56 Å². The normalized spacial score (nSPS) is 25.3. The molecule has 1 N–H and O–H groups in total. The van der Waals surface area contributed by atoms with E-state index in [-0.39, 0.29) is 24.5 Å². The molecule has 0 spiro atoms. The van der Waals surface area contributed by atoms with Crippen molar-refractivity contribution in [3.05, 3.63) is 22.2 Å². The summed E-state index contributed by atoms with van der Waals surface area (Å²) in [6, 6.07) is 1.29. The first-order valence-electron chi connectivity index (χ1n) is 6.11. The number of aromatic nitrogens is 1. The van der Waals surface area contributed by atoms with Crippen LogP contribution in [0.25, 0.3) is 0 Å². The van der Waals surface area contributed by atoms with Gasteiger partial charge in [-0.05, 0) is 19.3 Å². The van der Waals surface area contributed by atoms with Gasteiger partial charge in [-0.2, -0.15) is 0 Å². The highest BCUT2D eigenvalue weighted by atomic mass is 16.5. The van der Waals surface area contributed by atoms with E-state index >= 15 is 0 Å². The summed E-state index contributed by atoms with van der Waals surface area (Å²) in [5.41, 5.74) is -0.428. The lowest BCUT2D eigenvalue weighted by Crippen LogP contribution is -2.45. The van der Waals surface area contributed by atoms with Crippen LogP contribution in [-0.4, -0.2) is 46.4 Å². The van der Waals surface area contributed by atoms with Crippen LogP contribution in [0.2, 0.25) is 0 Å². The Morgan fingerprint density at radius 2 is 2.33 bits per heavy atom. The Kier molecular flexibility index (Phi) is 3.68. The number of aryl methyl sites for hydroxylation is 1. The highest BCUT2D eigenvalue weighted by Gasteiger charge is 2.26. The van der Waals surface area contributed by atoms with Gasteiger partial charge < -0.3 is 9.63 Å². The van der Waals surface area contributed by atoms with Crippen molar-refractivity contribution >= 4 is 5.91 Å². The second-order valence-electron chi connectivity index (χ2n) is 4.94. The van der Waals surface area contributed by atoms with Crippen LogP contribution in [0.3, 0.4) is 0 Å². The molecule has 18 heavy (non-hydrogen) atoms. The van der Waals surface area contributed by atoms with Gasteiger partial charge in [0.15, 0.2) is 0 Å². The number of aliphatic hydroxyl groups excluding tert-OH is 1. The molecule has 1 saturated heterocycles.